The lowest BCUT2D eigenvalue weighted by molar-refractivity contribution is -0.147. The zero-order valence-electron chi connectivity index (χ0n) is 13.5. The molecular formula is C15H16F4N4OS. The minimum absolute atomic E-state index is 0.00788. The van der Waals surface area contributed by atoms with Crippen molar-refractivity contribution in [3.05, 3.63) is 41.5 Å². The van der Waals surface area contributed by atoms with Gasteiger partial charge in [0.15, 0.2) is 5.16 Å². The molecule has 0 saturated heterocycles. The van der Waals surface area contributed by atoms with Gasteiger partial charge in [0, 0.05) is 13.6 Å². The van der Waals surface area contributed by atoms with Crippen LogP contribution in [-0.2, 0) is 24.4 Å². The molecule has 25 heavy (non-hydrogen) atoms. The molecule has 1 aromatic heterocycles. The Balaban J connectivity index is 1.86. The maximum Gasteiger partial charge on any atom is 0.451 e. The third kappa shape index (κ3) is 5.18. The van der Waals surface area contributed by atoms with Gasteiger partial charge in [0.25, 0.3) is 0 Å². The second-order valence-corrected chi connectivity index (χ2v) is 6.60. The lowest BCUT2D eigenvalue weighted by atomic mass is 10.1. The van der Waals surface area contributed by atoms with Crippen LogP contribution >= 0.6 is 11.8 Å². The van der Waals surface area contributed by atoms with Crippen molar-refractivity contribution in [3.8, 4) is 0 Å². The van der Waals surface area contributed by atoms with E-state index >= 15 is 0 Å². The van der Waals surface area contributed by atoms with Crippen molar-refractivity contribution >= 4 is 17.7 Å². The van der Waals surface area contributed by atoms with Gasteiger partial charge in [-0.05, 0) is 31.0 Å². The van der Waals surface area contributed by atoms with Crippen LogP contribution in [0.2, 0.25) is 0 Å². The Kier molecular flexibility index (Phi) is 6.04. The van der Waals surface area contributed by atoms with E-state index in [9.17, 15) is 22.4 Å². The summed E-state index contributed by atoms with van der Waals surface area (Å²) >= 11 is 0.891. The highest BCUT2D eigenvalue weighted by molar-refractivity contribution is 8.00. The zero-order valence-corrected chi connectivity index (χ0v) is 14.3. The maximum absolute atomic E-state index is 12.8. The summed E-state index contributed by atoms with van der Waals surface area (Å²) in [7, 11) is 1.20. The summed E-state index contributed by atoms with van der Waals surface area (Å²) in [6, 6.07) is 5.92. The second-order valence-electron chi connectivity index (χ2n) is 5.29. The van der Waals surface area contributed by atoms with Gasteiger partial charge >= 0.3 is 6.18 Å². The number of alkyl halides is 3. The van der Waals surface area contributed by atoms with E-state index in [1.54, 1.807) is 19.1 Å². The van der Waals surface area contributed by atoms with Crippen LogP contribution in [0.25, 0.3) is 0 Å². The Morgan fingerprint density at radius 1 is 1.28 bits per heavy atom. The van der Waals surface area contributed by atoms with E-state index in [1.165, 1.54) is 19.2 Å². The van der Waals surface area contributed by atoms with Crippen molar-refractivity contribution < 1.29 is 22.4 Å². The highest BCUT2D eigenvalue weighted by Crippen LogP contribution is 2.30. The summed E-state index contributed by atoms with van der Waals surface area (Å²) < 4.78 is 51.6. The van der Waals surface area contributed by atoms with Crippen LogP contribution in [0, 0.1) is 5.82 Å². The van der Waals surface area contributed by atoms with Crippen molar-refractivity contribution in [2.24, 2.45) is 7.05 Å². The van der Waals surface area contributed by atoms with Gasteiger partial charge in [0.05, 0.1) is 5.25 Å². The van der Waals surface area contributed by atoms with E-state index in [2.05, 4.69) is 15.5 Å². The van der Waals surface area contributed by atoms with Crippen molar-refractivity contribution in [2.45, 2.75) is 29.9 Å². The first kappa shape index (κ1) is 19.2. The molecule has 1 amide bonds. The summed E-state index contributed by atoms with van der Waals surface area (Å²) in [4.78, 5) is 12.0. The zero-order chi connectivity index (χ0) is 18.6. The third-order valence-electron chi connectivity index (χ3n) is 3.37. The molecule has 0 unspecified atom stereocenters. The molecule has 1 N–H and O–H groups in total. The number of amides is 1. The summed E-state index contributed by atoms with van der Waals surface area (Å²) in [5.74, 6) is -1.78. The average molecular weight is 376 g/mol. The van der Waals surface area contributed by atoms with Gasteiger partial charge in [-0.2, -0.15) is 13.2 Å². The van der Waals surface area contributed by atoms with Gasteiger partial charge in [-0.15, -0.1) is 10.2 Å². The predicted molar refractivity (Wildman–Crippen MR) is 84.4 cm³/mol. The molecule has 10 heteroatoms. The molecule has 5 nitrogen and oxygen atoms in total. The van der Waals surface area contributed by atoms with Crippen LogP contribution in [0.15, 0.2) is 29.4 Å². The molecule has 2 rings (SSSR count). The first-order valence-corrected chi connectivity index (χ1v) is 8.22. The highest BCUT2D eigenvalue weighted by Gasteiger charge is 2.37. The van der Waals surface area contributed by atoms with Gasteiger partial charge in [0.1, 0.15) is 5.82 Å². The number of thioether (sulfide) groups is 1. The number of benzene rings is 1. The quantitative estimate of drug-likeness (QED) is 0.622. The monoisotopic (exact) mass is 376 g/mol. The fourth-order valence-corrected chi connectivity index (χ4v) is 2.84. The predicted octanol–water partition coefficient (Wildman–Crippen LogP) is 2.81. The number of aromatic nitrogens is 3. The molecule has 0 bridgehead atoms. The van der Waals surface area contributed by atoms with Gasteiger partial charge < -0.3 is 9.88 Å². The Hall–Kier alpha value is -2.10. The number of halogens is 4. The van der Waals surface area contributed by atoms with Crippen LogP contribution < -0.4 is 5.32 Å². The van der Waals surface area contributed by atoms with Crippen LogP contribution in [-0.4, -0.2) is 32.5 Å². The number of nitrogens with zero attached hydrogens (tertiary/aromatic N) is 3. The molecule has 0 aliphatic rings. The largest absolute Gasteiger partial charge is 0.451 e. The smallest absolute Gasteiger partial charge is 0.355 e. The van der Waals surface area contributed by atoms with Crippen molar-refractivity contribution in [2.75, 3.05) is 6.54 Å². The minimum atomic E-state index is -4.60. The SMILES string of the molecule is C[C@H](Sc1nnc(C(F)(F)F)n1C)C(=O)NCCc1ccc(F)cc1. The summed E-state index contributed by atoms with van der Waals surface area (Å²) in [6.45, 7) is 1.90. The third-order valence-corrected chi connectivity index (χ3v) is 4.50. The average Bonchev–Trinajstić information content (AvgIpc) is 2.90. The normalized spacial score (nSPS) is 12.9. The number of hydrogen-bond donors (Lipinski definition) is 1. The van der Waals surface area contributed by atoms with Gasteiger partial charge in [-0.3, -0.25) is 4.79 Å². The standard InChI is InChI=1S/C15H16F4N4OS/c1-9(25-14-22-21-13(23(14)2)15(17,18)19)12(24)20-8-7-10-3-5-11(16)6-4-10/h3-6,9H,7-8H2,1-2H3,(H,20,24)/t9-/m0/s1. The number of carbonyl (C=O) groups excluding carboxylic acids is 1. The topological polar surface area (TPSA) is 59.8 Å². The molecule has 0 aliphatic carbocycles. The van der Waals surface area contributed by atoms with Gasteiger partial charge in [0.2, 0.25) is 11.7 Å². The van der Waals surface area contributed by atoms with Crippen molar-refractivity contribution in [1.82, 2.24) is 20.1 Å². The summed E-state index contributed by atoms with van der Waals surface area (Å²) in [5, 5.41) is 8.65. The lowest BCUT2D eigenvalue weighted by Crippen LogP contribution is -2.32. The van der Waals surface area contributed by atoms with Crippen molar-refractivity contribution in [3.63, 3.8) is 0 Å². The molecular weight excluding hydrogens is 360 g/mol. The second kappa shape index (κ2) is 7.85. The molecule has 1 atom stereocenters. The Morgan fingerprint density at radius 2 is 1.92 bits per heavy atom. The van der Waals surface area contributed by atoms with E-state index in [0.29, 0.717) is 13.0 Å². The molecule has 2 aromatic rings. The molecule has 1 heterocycles. The fourth-order valence-electron chi connectivity index (χ4n) is 2.00. The molecule has 1 aromatic carbocycles. The van der Waals surface area contributed by atoms with Gasteiger partial charge in [-0.1, -0.05) is 23.9 Å². The van der Waals surface area contributed by atoms with E-state index in [0.717, 1.165) is 21.9 Å². The number of carbonyl (C=O) groups is 1. The van der Waals surface area contributed by atoms with E-state index in [-0.39, 0.29) is 16.9 Å². The van der Waals surface area contributed by atoms with Crippen LogP contribution in [0.5, 0.6) is 0 Å². The molecule has 0 saturated carbocycles. The molecule has 0 radical (unpaired) electrons. The fraction of sp³-hybridized carbons (Fsp3) is 0.400. The van der Waals surface area contributed by atoms with Crippen LogP contribution in [0.3, 0.4) is 0 Å². The van der Waals surface area contributed by atoms with Crippen molar-refractivity contribution in [1.29, 1.82) is 0 Å². The molecule has 0 aliphatic heterocycles. The Morgan fingerprint density at radius 3 is 2.48 bits per heavy atom. The van der Waals surface area contributed by atoms with Crippen LogP contribution in [0.4, 0.5) is 17.6 Å². The number of hydrogen-bond acceptors (Lipinski definition) is 4. The first-order chi connectivity index (χ1) is 11.7. The summed E-state index contributed by atoms with van der Waals surface area (Å²) in [6.07, 6.45) is -4.08. The first-order valence-electron chi connectivity index (χ1n) is 7.34. The summed E-state index contributed by atoms with van der Waals surface area (Å²) in [5.41, 5.74) is 0.866. The maximum atomic E-state index is 12.8. The molecule has 0 fully saturated rings. The van der Waals surface area contributed by atoms with Gasteiger partial charge in [-0.25, -0.2) is 4.39 Å². The highest BCUT2D eigenvalue weighted by atomic mass is 32.2. The Bertz CT molecular complexity index is 730. The lowest BCUT2D eigenvalue weighted by Gasteiger charge is -2.12. The van der Waals surface area contributed by atoms with E-state index in [1.807, 2.05) is 0 Å². The van der Waals surface area contributed by atoms with Crippen LogP contribution in [0.1, 0.15) is 18.3 Å². The molecule has 0 spiro atoms. The Labute approximate surface area is 145 Å². The number of nitrogens with one attached hydrogen (secondary N) is 1. The minimum Gasteiger partial charge on any atom is -0.355 e. The number of rotatable bonds is 6. The van der Waals surface area contributed by atoms with E-state index in [4.69, 9.17) is 0 Å². The molecule has 136 valence electrons. The van der Waals surface area contributed by atoms with E-state index < -0.39 is 17.3 Å².